The zero-order chi connectivity index (χ0) is 13.7. The Hall–Kier alpha value is -1.84. The zero-order valence-electron chi connectivity index (χ0n) is 10.3. The van der Waals surface area contributed by atoms with E-state index in [2.05, 4.69) is 5.32 Å². The molecule has 2 aromatic carbocycles. The number of anilines is 1. The van der Waals surface area contributed by atoms with Crippen LogP contribution in [0.25, 0.3) is 0 Å². The van der Waals surface area contributed by atoms with Gasteiger partial charge in [0.2, 0.25) is 5.91 Å². The van der Waals surface area contributed by atoms with Gasteiger partial charge in [0.15, 0.2) is 0 Å². The number of carbonyl (C=O) groups excluding carboxylic acids is 1. The smallest absolute Gasteiger partial charge is 0.241 e. The first-order valence-electron chi connectivity index (χ1n) is 6.01. The van der Waals surface area contributed by atoms with Crippen molar-refractivity contribution in [1.29, 1.82) is 0 Å². The predicted octanol–water partition coefficient (Wildman–Crippen LogP) is 2.85. The van der Waals surface area contributed by atoms with Gasteiger partial charge in [0.05, 0.1) is 16.8 Å². The van der Waals surface area contributed by atoms with Gasteiger partial charge >= 0.3 is 0 Å². The first-order chi connectivity index (χ1) is 9.16. The highest BCUT2D eigenvalue weighted by molar-refractivity contribution is 6.33. The van der Waals surface area contributed by atoms with Crippen LogP contribution in [0.4, 0.5) is 5.69 Å². The Bertz CT molecular complexity index is 557. The highest BCUT2D eigenvalue weighted by Crippen LogP contribution is 2.20. The van der Waals surface area contributed by atoms with Crippen molar-refractivity contribution in [3.63, 3.8) is 0 Å². The van der Waals surface area contributed by atoms with E-state index in [0.717, 1.165) is 5.56 Å². The van der Waals surface area contributed by atoms with Crippen LogP contribution in [0, 0.1) is 0 Å². The second-order valence-electron chi connectivity index (χ2n) is 4.27. The highest BCUT2D eigenvalue weighted by Gasteiger charge is 2.15. The minimum Gasteiger partial charge on any atom is -0.323 e. The van der Waals surface area contributed by atoms with Gasteiger partial charge < -0.3 is 11.1 Å². The molecule has 0 radical (unpaired) electrons. The van der Waals surface area contributed by atoms with Crippen LogP contribution in [0.5, 0.6) is 0 Å². The maximum atomic E-state index is 12.0. The van der Waals surface area contributed by atoms with Crippen LogP contribution in [0.15, 0.2) is 54.6 Å². The number of rotatable bonds is 4. The van der Waals surface area contributed by atoms with Crippen LogP contribution in [0.1, 0.15) is 5.56 Å². The SMILES string of the molecule is NC(Cc1ccccc1)C(=O)Nc1ccccc1Cl. The molecule has 0 aromatic heterocycles. The van der Waals surface area contributed by atoms with E-state index in [1.165, 1.54) is 0 Å². The Kier molecular flexibility index (Phi) is 4.55. The summed E-state index contributed by atoms with van der Waals surface area (Å²) in [6.07, 6.45) is 0.497. The molecule has 0 saturated heterocycles. The molecule has 1 amide bonds. The van der Waals surface area contributed by atoms with Gasteiger partial charge in [-0.3, -0.25) is 4.79 Å². The summed E-state index contributed by atoms with van der Waals surface area (Å²) in [4.78, 5) is 12.0. The maximum Gasteiger partial charge on any atom is 0.241 e. The number of carbonyl (C=O) groups is 1. The van der Waals surface area contributed by atoms with Crippen molar-refractivity contribution in [3.8, 4) is 0 Å². The van der Waals surface area contributed by atoms with Gasteiger partial charge in [0.1, 0.15) is 0 Å². The van der Waals surface area contributed by atoms with E-state index in [9.17, 15) is 4.79 Å². The molecular weight excluding hydrogens is 260 g/mol. The number of hydrogen-bond acceptors (Lipinski definition) is 2. The van der Waals surface area contributed by atoms with E-state index in [-0.39, 0.29) is 5.91 Å². The van der Waals surface area contributed by atoms with Crippen LogP contribution in [-0.2, 0) is 11.2 Å². The number of benzene rings is 2. The molecule has 0 aliphatic heterocycles. The fourth-order valence-corrected chi connectivity index (χ4v) is 1.93. The summed E-state index contributed by atoms with van der Waals surface area (Å²) in [6.45, 7) is 0. The molecule has 19 heavy (non-hydrogen) atoms. The molecule has 3 N–H and O–H groups in total. The fourth-order valence-electron chi connectivity index (χ4n) is 1.75. The van der Waals surface area contributed by atoms with Crippen LogP contribution >= 0.6 is 11.6 Å². The summed E-state index contributed by atoms with van der Waals surface area (Å²) in [5, 5.41) is 3.24. The largest absolute Gasteiger partial charge is 0.323 e. The van der Waals surface area contributed by atoms with Gasteiger partial charge in [-0.1, -0.05) is 54.1 Å². The second-order valence-corrected chi connectivity index (χ2v) is 4.67. The van der Waals surface area contributed by atoms with Gasteiger partial charge in [-0.05, 0) is 24.1 Å². The van der Waals surface area contributed by atoms with Gasteiger partial charge in [0, 0.05) is 0 Å². The lowest BCUT2D eigenvalue weighted by Crippen LogP contribution is -2.37. The molecule has 0 aliphatic rings. The average molecular weight is 275 g/mol. The number of halogens is 1. The van der Waals surface area contributed by atoms with Crippen molar-refractivity contribution in [3.05, 3.63) is 65.2 Å². The van der Waals surface area contributed by atoms with Crippen molar-refractivity contribution in [2.45, 2.75) is 12.5 Å². The highest BCUT2D eigenvalue weighted by atomic mass is 35.5. The van der Waals surface area contributed by atoms with E-state index in [0.29, 0.717) is 17.1 Å². The first-order valence-corrected chi connectivity index (χ1v) is 6.39. The lowest BCUT2D eigenvalue weighted by molar-refractivity contribution is -0.117. The van der Waals surface area contributed by atoms with Crippen molar-refractivity contribution in [2.24, 2.45) is 5.73 Å². The van der Waals surface area contributed by atoms with Gasteiger partial charge in [0.25, 0.3) is 0 Å². The predicted molar refractivity (Wildman–Crippen MR) is 78.2 cm³/mol. The molecule has 98 valence electrons. The molecule has 4 heteroatoms. The molecule has 0 heterocycles. The van der Waals surface area contributed by atoms with Crippen LogP contribution in [0.2, 0.25) is 5.02 Å². The third-order valence-corrected chi connectivity index (χ3v) is 3.10. The van der Waals surface area contributed by atoms with E-state index < -0.39 is 6.04 Å². The number of nitrogens with two attached hydrogens (primary N) is 1. The molecule has 0 bridgehead atoms. The van der Waals surface area contributed by atoms with Crippen molar-refractivity contribution >= 4 is 23.2 Å². The fraction of sp³-hybridized carbons (Fsp3) is 0.133. The van der Waals surface area contributed by atoms with Gasteiger partial charge in [-0.15, -0.1) is 0 Å². The van der Waals surface area contributed by atoms with E-state index in [1.807, 2.05) is 42.5 Å². The summed E-state index contributed by atoms with van der Waals surface area (Å²) in [7, 11) is 0. The van der Waals surface area contributed by atoms with Crippen LogP contribution in [-0.4, -0.2) is 11.9 Å². The van der Waals surface area contributed by atoms with Gasteiger partial charge in [-0.25, -0.2) is 0 Å². The molecule has 3 nitrogen and oxygen atoms in total. The quantitative estimate of drug-likeness (QED) is 0.901. The summed E-state index contributed by atoms with van der Waals surface area (Å²) in [5.74, 6) is -0.239. The lowest BCUT2D eigenvalue weighted by atomic mass is 10.1. The van der Waals surface area contributed by atoms with Crippen molar-refractivity contribution in [2.75, 3.05) is 5.32 Å². The number of para-hydroxylation sites is 1. The molecular formula is C15H15ClN2O. The summed E-state index contributed by atoms with van der Waals surface area (Å²) >= 11 is 5.98. The van der Waals surface area contributed by atoms with E-state index in [1.54, 1.807) is 12.1 Å². The molecule has 1 unspecified atom stereocenters. The average Bonchev–Trinajstić information content (AvgIpc) is 2.42. The Morgan fingerprint density at radius 1 is 1.11 bits per heavy atom. The molecule has 2 rings (SSSR count). The van der Waals surface area contributed by atoms with E-state index >= 15 is 0 Å². The molecule has 0 aliphatic carbocycles. The first kappa shape index (κ1) is 13.6. The monoisotopic (exact) mass is 274 g/mol. The molecule has 1 atom stereocenters. The Morgan fingerprint density at radius 2 is 1.74 bits per heavy atom. The summed E-state index contributed by atoms with van der Waals surface area (Å²) < 4.78 is 0. The minimum atomic E-state index is -0.598. The summed E-state index contributed by atoms with van der Waals surface area (Å²) in [6, 6.07) is 16.2. The van der Waals surface area contributed by atoms with Gasteiger partial charge in [-0.2, -0.15) is 0 Å². The van der Waals surface area contributed by atoms with Crippen molar-refractivity contribution in [1.82, 2.24) is 0 Å². The Labute approximate surface area is 117 Å². The minimum absolute atomic E-state index is 0.239. The third kappa shape index (κ3) is 3.81. The van der Waals surface area contributed by atoms with Crippen molar-refractivity contribution < 1.29 is 4.79 Å². The number of amides is 1. The Balaban J connectivity index is 1.99. The maximum absolute atomic E-state index is 12.0. The summed E-state index contributed by atoms with van der Waals surface area (Å²) in [5.41, 5.74) is 7.50. The molecule has 0 spiro atoms. The standard InChI is InChI=1S/C15H15ClN2O/c16-12-8-4-5-9-14(12)18-15(19)13(17)10-11-6-2-1-3-7-11/h1-9,13H,10,17H2,(H,18,19). The number of nitrogens with one attached hydrogen (secondary N) is 1. The van der Waals surface area contributed by atoms with Crippen LogP contribution in [0.3, 0.4) is 0 Å². The molecule has 2 aromatic rings. The van der Waals surface area contributed by atoms with E-state index in [4.69, 9.17) is 17.3 Å². The normalized spacial score (nSPS) is 11.9. The number of hydrogen-bond donors (Lipinski definition) is 2. The lowest BCUT2D eigenvalue weighted by Gasteiger charge is -2.13. The topological polar surface area (TPSA) is 55.1 Å². The third-order valence-electron chi connectivity index (χ3n) is 2.77. The van der Waals surface area contributed by atoms with Crippen LogP contribution < -0.4 is 11.1 Å². The second kappa shape index (κ2) is 6.36. The zero-order valence-corrected chi connectivity index (χ0v) is 11.1. The molecule has 0 fully saturated rings. The Morgan fingerprint density at radius 3 is 2.42 bits per heavy atom. The molecule has 0 saturated carbocycles.